The predicted octanol–water partition coefficient (Wildman–Crippen LogP) is 3.64. The summed E-state index contributed by atoms with van der Waals surface area (Å²) in [5.74, 6) is 0.857. The van der Waals surface area contributed by atoms with Gasteiger partial charge in [-0.2, -0.15) is 0 Å². The van der Waals surface area contributed by atoms with E-state index in [-0.39, 0.29) is 0 Å². The Bertz CT molecular complexity index is 486. The van der Waals surface area contributed by atoms with Crippen molar-refractivity contribution in [3.63, 3.8) is 0 Å². The van der Waals surface area contributed by atoms with Crippen molar-refractivity contribution in [2.24, 2.45) is 0 Å². The Morgan fingerprint density at radius 3 is 2.35 bits per heavy atom. The molecule has 88 valence electrons. The average molecular weight is 291 g/mol. The number of aromatic nitrogens is 2. The van der Waals surface area contributed by atoms with Gasteiger partial charge in [-0.3, -0.25) is 0 Å². The maximum atomic E-state index is 4.45. The minimum absolute atomic E-state index is 0.857. The third-order valence-electron chi connectivity index (χ3n) is 2.60. The number of benzene rings is 1. The van der Waals surface area contributed by atoms with E-state index in [1.54, 1.807) is 0 Å². The van der Waals surface area contributed by atoms with Crippen molar-refractivity contribution < 1.29 is 0 Å². The van der Waals surface area contributed by atoms with E-state index in [4.69, 9.17) is 0 Å². The van der Waals surface area contributed by atoms with Crippen LogP contribution in [0.4, 0.5) is 0 Å². The SMILES string of the molecule is Cc1cc(CCc2ccc(Br)cc2)nc(C)n1. The second-order valence-corrected chi connectivity index (χ2v) is 5.09. The minimum Gasteiger partial charge on any atom is -0.239 e. The molecule has 3 heteroatoms. The Morgan fingerprint density at radius 2 is 1.71 bits per heavy atom. The lowest BCUT2D eigenvalue weighted by Gasteiger charge is -2.04. The van der Waals surface area contributed by atoms with Gasteiger partial charge in [0.15, 0.2) is 0 Å². The van der Waals surface area contributed by atoms with E-state index >= 15 is 0 Å². The second-order valence-electron chi connectivity index (χ2n) is 4.17. The summed E-state index contributed by atoms with van der Waals surface area (Å²) in [6.07, 6.45) is 1.98. The Balaban J connectivity index is 2.04. The van der Waals surface area contributed by atoms with Crippen molar-refractivity contribution >= 4 is 15.9 Å². The van der Waals surface area contributed by atoms with Crippen molar-refractivity contribution in [2.75, 3.05) is 0 Å². The molecule has 0 radical (unpaired) electrons. The van der Waals surface area contributed by atoms with Gasteiger partial charge in [-0.05, 0) is 50.5 Å². The largest absolute Gasteiger partial charge is 0.239 e. The van der Waals surface area contributed by atoms with Crippen molar-refractivity contribution in [3.8, 4) is 0 Å². The van der Waals surface area contributed by atoms with Crippen LogP contribution in [0.25, 0.3) is 0 Å². The zero-order valence-corrected chi connectivity index (χ0v) is 11.7. The quantitative estimate of drug-likeness (QED) is 0.862. The molecule has 0 aliphatic heterocycles. The lowest BCUT2D eigenvalue weighted by atomic mass is 10.1. The van der Waals surface area contributed by atoms with Crippen LogP contribution in [-0.4, -0.2) is 9.97 Å². The third-order valence-corrected chi connectivity index (χ3v) is 3.13. The Labute approximate surface area is 110 Å². The van der Waals surface area contributed by atoms with Crippen LogP contribution in [0.2, 0.25) is 0 Å². The van der Waals surface area contributed by atoms with Gasteiger partial charge in [0.05, 0.1) is 0 Å². The smallest absolute Gasteiger partial charge is 0.125 e. The highest BCUT2D eigenvalue weighted by atomic mass is 79.9. The van der Waals surface area contributed by atoms with Crippen molar-refractivity contribution in [1.29, 1.82) is 0 Å². The predicted molar refractivity (Wildman–Crippen MR) is 73.1 cm³/mol. The average Bonchev–Trinajstić information content (AvgIpc) is 2.27. The van der Waals surface area contributed by atoms with Crippen molar-refractivity contribution in [1.82, 2.24) is 9.97 Å². The van der Waals surface area contributed by atoms with Crippen molar-refractivity contribution in [2.45, 2.75) is 26.7 Å². The standard InChI is InChI=1S/C14H15BrN2/c1-10-9-14(17-11(2)16-10)8-5-12-3-6-13(15)7-4-12/h3-4,6-7,9H,5,8H2,1-2H3. The molecule has 1 aromatic carbocycles. The number of halogens is 1. The molecule has 0 unspecified atom stereocenters. The first-order valence-corrected chi connectivity index (χ1v) is 6.48. The molecular weight excluding hydrogens is 276 g/mol. The number of hydrogen-bond acceptors (Lipinski definition) is 2. The number of hydrogen-bond donors (Lipinski definition) is 0. The first kappa shape index (κ1) is 12.2. The molecule has 1 aromatic heterocycles. The van der Waals surface area contributed by atoms with Gasteiger partial charge in [0.2, 0.25) is 0 Å². The third kappa shape index (κ3) is 3.63. The first-order valence-electron chi connectivity index (χ1n) is 5.69. The molecule has 0 atom stereocenters. The van der Waals surface area contributed by atoms with Gasteiger partial charge in [-0.25, -0.2) is 9.97 Å². The zero-order valence-electron chi connectivity index (χ0n) is 10.1. The van der Waals surface area contributed by atoms with Crippen LogP contribution in [-0.2, 0) is 12.8 Å². The summed E-state index contributed by atoms with van der Waals surface area (Å²) in [6.45, 7) is 3.95. The Hall–Kier alpha value is -1.22. The second kappa shape index (κ2) is 5.41. The van der Waals surface area contributed by atoms with Gasteiger partial charge in [0.25, 0.3) is 0 Å². The maximum absolute atomic E-state index is 4.45. The lowest BCUT2D eigenvalue weighted by Crippen LogP contribution is -1.99. The summed E-state index contributed by atoms with van der Waals surface area (Å²) in [7, 11) is 0. The zero-order chi connectivity index (χ0) is 12.3. The molecule has 0 saturated heterocycles. The number of aryl methyl sites for hydroxylation is 4. The summed E-state index contributed by atoms with van der Waals surface area (Å²) < 4.78 is 1.12. The minimum atomic E-state index is 0.857. The van der Waals surface area contributed by atoms with Gasteiger partial charge in [-0.1, -0.05) is 28.1 Å². The molecule has 2 nitrogen and oxygen atoms in total. The summed E-state index contributed by atoms with van der Waals surface area (Å²) >= 11 is 3.44. The van der Waals surface area contributed by atoms with E-state index in [1.165, 1.54) is 5.56 Å². The molecule has 0 bridgehead atoms. The first-order chi connectivity index (χ1) is 8.13. The van der Waals surface area contributed by atoms with E-state index < -0.39 is 0 Å². The lowest BCUT2D eigenvalue weighted by molar-refractivity contribution is 0.868. The van der Waals surface area contributed by atoms with E-state index in [1.807, 2.05) is 13.8 Å². The molecular formula is C14H15BrN2. The summed E-state index contributed by atoms with van der Waals surface area (Å²) in [5, 5.41) is 0. The molecule has 2 aromatic rings. The molecule has 0 amide bonds. The molecule has 0 fully saturated rings. The molecule has 1 heterocycles. The molecule has 0 spiro atoms. The number of nitrogens with zero attached hydrogens (tertiary/aromatic N) is 2. The monoisotopic (exact) mass is 290 g/mol. The fourth-order valence-corrected chi connectivity index (χ4v) is 2.11. The van der Waals surface area contributed by atoms with E-state index in [9.17, 15) is 0 Å². The van der Waals surface area contributed by atoms with Gasteiger partial charge >= 0.3 is 0 Å². The molecule has 0 aliphatic carbocycles. The van der Waals surface area contributed by atoms with Gasteiger partial charge in [-0.15, -0.1) is 0 Å². The highest BCUT2D eigenvalue weighted by molar-refractivity contribution is 9.10. The fourth-order valence-electron chi connectivity index (χ4n) is 1.85. The van der Waals surface area contributed by atoms with Crippen LogP contribution in [0.1, 0.15) is 22.8 Å². The highest BCUT2D eigenvalue weighted by Gasteiger charge is 2.00. The number of rotatable bonds is 3. The molecule has 2 rings (SSSR count). The van der Waals surface area contributed by atoms with Crippen LogP contribution >= 0.6 is 15.9 Å². The fraction of sp³-hybridized carbons (Fsp3) is 0.286. The van der Waals surface area contributed by atoms with Crippen LogP contribution in [0.3, 0.4) is 0 Å². The Kier molecular flexibility index (Phi) is 3.89. The molecule has 17 heavy (non-hydrogen) atoms. The van der Waals surface area contributed by atoms with Crippen LogP contribution in [0.15, 0.2) is 34.8 Å². The van der Waals surface area contributed by atoms with E-state index in [2.05, 4.69) is 56.2 Å². The van der Waals surface area contributed by atoms with Gasteiger partial charge < -0.3 is 0 Å². The normalized spacial score (nSPS) is 10.5. The summed E-state index contributed by atoms with van der Waals surface area (Å²) in [5.41, 5.74) is 3.50. The van der Waals surface area contributed by atoms with E-state index in [0.717, 1.165) is 34.5 Å². The summed E-state index contributed by atoms with van der Waals surface area (Å²) in [4.78, 5) is 8.73. The molecule has 0 saturated carbocycles. The molecule has 0 N–H and O–H groups in total. The Morgan fingerprint density at radius 1 is 1.00 bits per heavy atom. The molecule has 0 aliphatic rings. The van der Waals surface area contributed by atoms with Crippen molar-refractivity contribution in [3.05, 3.63) is 57.6 Å². The van der Waals surface area contributed by atoms with Crippen LogP contribution in [0.5, 0.6) is 0 Å². The van der Waals surface area contributed by atoms with E-state index in [0.29, 0.717) is 0 Å². The summed E-state index contributed by atoms with van der Waals surface area (Å²) in [6, 6.07) is 10.5. The highest BCUT2D eigenvalue weighted by Crippen LogP contribution is 2.12. The van der Waals surface area contributed by atoms with Gasteiger partial charge in [0, 0.05) is 15.9 Å². The van der Waals surface area contributed by atoms with Gasteiger partial charge in [0.1, 0.15) is 5.82 Å². The van der Waals surface area contributed by atoms with Crippen LogP contribution < -0.4 is 0 Å². The van der Waals surface area contributed by atoms with Crippen LogP contribution in [0, 0.1) is 13.8 Å². The topological polar surface area (TPSA) is 25.8 Å². The maximum Gasteiger partial charge on any atom is 0.125 e.